The predicted molar refractivity (Wildman–Crippen MR) is 84.5 cm³/mol. The van der Waals surface area contributed by atoms with Crippen LogP contribution in [0.3, 0.4) is 0 Å². The Balaban J connectivity index is 1.84. The molecule has 2 rings (SSSR count). The molecule has 0 saturated heterocycles. The minimum atomic E-state index is -0.437. The molecule has 2 aromatic rings. The van der Waals surface area contributed by atoms with Crippen molar-refractivity contribution in [1.82, 2.24) is 0 Å². The van der Waals surface area contributed by atoms with Gasteiger partial charge >= 0.3 is 5.97 Å². The monoisotopic (exact) mass is 314 g/mol. The van der Waals surface area contributed by atoms with Crippen LogP contribution >= 0.6 is 11.8 Å². The Bertz CT molecular complexity index is 650. The third-order valence-electron chi connectivity index (χ3n) is 2.92. The van der Waals surface area contributed by atoms with Gasteiger partial charge in [0.15, 0.2) is 18.0 Å². The second-order valence-electron chi connectivity index (χ2n) is 4.48. The van der Waals surface area contributed by atoms with Gasteiger partial charge in [0.1, 0.15) is 0 Å². The van der Waals surface area contributed by atoms with Crippen LogP contribution in [0.1, 0.15) is 15.9 Å². The minimum absolute atomic E-state index is 0.142. The van der Waals surface area contributed by atoms with Gasteiger partial charge in [-0.25, -0.2) is 0 Å². The van der Waals surface area contributed by atoms with Crippen molar-refractivity contribution < 1.29 is 19.1 Å². The van der Waals surface area contributed by atoms with Gasteiger partial charge in [0, 0.05) is 10.5 Å². The lowest BCUT2D eigenvalue weighted by atomic mass is 10.1. The highest BCUT2D eigenvalue weighted by molar-refractivity contribution is 8.11. The zero-order valence-electron chi connectivity index (χ0n) is 11.7. The lowest BCUT2D eigenvalue weighted by Gasteiger charge is -2.05. The standard InChI is InChI=1S/C17H14O4S/c18-12-22-15-8-6-14(7-9-15)16(19)11-21-17(20)10-13-4-2-1-3-5-13/h1-9,12H,10-11H2. The third-order valence-corrected chi connectivity index (χ3v) is 3.56. The van der Waals surface area contributed by atoms with E-state index >= 15 is 0 Å². The Morgan fingerprint density at radius 2 is 1.68 bits per heavy atom. The second-order valence-corrected chi connectivity index (χ2v) is 5.38. The average molecular weight is 314 g/mol. The first kappa shape index (κ1) is 16.0. The summed E-state index contributed by atoms with van der Waals surface area (Å²) in [5.74, 6) is -0.711. The summed E-state index contributed by atoms with van der Waals surface area (Å²) >= 11 is 1.04. The van der Waals surface area contributed by atoms with E-state index in [4.69, 9.17) is 4.74 Å². The molecule has 0 N–H and O–H groups in total. The molecule has 0 aliphatic rings. The Hall–Kier alpha value is -2.40. The largest absolute Gasteiger partial charge is 0.457 e. The highest BCUT2D eigenvalue weighted by atomic mass is 32.2. The predicted octanol–water partition coefficient (Wildman–Crippen LogP) is 2.94. The summed E-state index contributed by atoms with van der Waals surface area (Å²) in [4.78, 5) is 34.7. The van der Waals surface area contributed by atoms with Gasteiger partial charge in [0.2, 0.25) is 0 Å². The van der Waals surface area contributed by atoms with Gasteiger partial charge in [0.25, 0.3) is 0 Å². The van der Waals surface area contributed by atoms with E-state index in [1.54, 1.807) is 24.3 Å². The van der Waals surface area contributed by atoms with Crippen LogP contribution in [0, 0.1) is 0 Å². The van der Waals surface area contributed by atoms with Crippen molar-refractivity contribution in [2.45, 2.75) is 11.3 Å². The lowest BCUT2D eigenvalue weighted by Crippen LogP contribution is -2.15. The first-order valence-corrected chi connectivity index (χ1v) is 7.50. The van der Waals surface area contributed by atoms with Crippen molar-refractivity contribution in [3.05, 3.63) is 65.7 Å². The topological polar surface area (TPSA) is 60.4 Å². The summed E-state index contributed by atoms with van der Waals surface area (Å²) in [5.41, 5.74) is 2.01. The van der Waals surface area contributed by atoms with Crippen LogP contribution in [0.5, 0.6) is 0 Å². The number of thioether (sulfide) groups is 1. The van der Waals surface area contributed by atoms with E-state index in [-0.39, 0.29) is 18.8 Å². The molecule has 0 aromatic heterocycles. The molecular weight excluding hydrogens is 300 g/mol. The summed E-state index contributed by atoms with van der Waals surface area (Å²) in [6, 6.07) is 15.8. The van der Waals surface area contributed by atoms with Gasteiger partial charge in [-0.3, -0.25) is 14.4 Å². The molecule has 0 spiro atoms. The van der Waals surface area contributed by atoms with Crippen molar-refractivity contribution in [1.29, 1.82) is 0 Å². The van der Waals surface area contributed by atoms with E-state index in [1.165, 1.54) is 0 Å². The van der Waals surface area contributed by atoms with Crippen molar-refractivity contribution in [3.8, 4) is 0 Å². The molecule has 0 saturated carbocycles. The van der Waals surface area contributed by atoms with Gasteiger partial charge < -0.3 is 4.74 Å². The number of hydrogen-bond donors (Lipinski definition) is 0. The number of esters is 1. The first-order valence-electron chi connectivity index (χ1n) is 6.62. The Morgan fingerprint density at radius 1 is 1.00 bits per heavy atom. The van der Waals surface area contributed by atoms with E-state index in [0.29, 0.717) is 5.56 Å². The fraction of sp³-hybridized carbons (Fsp3) is 0.118. The molecule has 2 aromatic carbocycles. The van der Waals surface area contributed by atoms with Crippen molar-refractivity contribution >= 4 is 29.1 Å². The second kappa shape index (κ2) is 8.14. The fourth-order valence-electron chi connectivity index (χ4n) is 1.82. The highest BCUT2D eigenvalue weighted by Crippen LogP contribution is 2.15. The molecule has 0 unspecified atom stereocenters. The molecule has 0 heterocycles. The summed E-state index contributed by atoms with van der Waals surface area (Å²) in [7, 11) is 0. The Morgan fingerprint density at radius 3 is 2.32 bits per heavy atom. The van der Waals surface area contributed by atoms with Crippen LogP contribution in [0.15, 0.2) is 59.5 Å². The van der Waals surface area contributed by atoms with Crippen LogP contribution in [0.4, 0.5) is 0 Å². The van der Waals surface area contributed by atoms with Crippen LogP contribution in [0.2, 0.25) is 0 Å². The van der Waals surface area contributed by atoms with Gasteiger partial charge in [-0.2, -0.15) is 0 Å². The number of hydrogen-bond acceptors (Lipinski definition) is 5. The molecule has 0 aliphatic carbocycles. The van der Waals surface area contributed by atoms with E-state index in [9.17, 15) is 14.4 Å². The Labute approximate surface area is 132 Å². The fourth-order valence-corrected chi connectivity index (χ4v) is 2.22. The molecule has 4 nitrogen and oxygen atoms in total. The molecule has 5 heteroatoms. The summed E-state index contributed by atoms with van der Waals surface area (Å²) in [6.45, 7) is -0.286. The maximum atomic E-state index is 11.9. The van der Waals surface area contributed by atoms with Crippen LogP contribution in [-0.4, -0.2) is 24.0 Å². The summed E-state index contributed by atoms with van der Waals surface area (Å²) in [6.07, 6.45) is 0.142. The van der Waals surface area contributed by atoms with Gasteiger partial charge in [0.05, 0.1) is 6.42 Å². The number of benzene rings is 2. The number of ketones is 1. The van der Waals surface area contributed by atoms with E-state index in [1.807, 2.05) is 30.3 Å². The number of Topliss-reactive ketones (excluding diaryl/α,β-unsaturated/α-hetero) is 1. The molecule has 0 atom stereocenters. The first-order chi connectivity index (χ1) is 10.7. The van der Waals surface area contributed by atoms with Gasteiger partial charge in [-0.15, -0.1) is 0 Å². The molecule has 112 valence electrons. The quantitative estimate of drug-likeness (QED) is 0.340. The summed E-state index contributed by atoms with van der Waals surface area (Å²) in [5, 5.41) is 0. The summed E-state index contributed by atoms with van der Waals surface area (Å²) < 4.78 is 4.99. The minimum Gasteiger partial charge on any atom is -0.457 e. The third kappa shape index (κ3) is 4.86. The van der Waals surface area contributed by atoms with Crippen molar-refractivity contribution in [3.63, 3.8) is 0 Å². The molecule has 0 aliphatic heterocycles. The normalized spacial score (nSPS) is 10.0. The SMILES string of the molecule is O=CSc1ccc(C(=O)COC(=O)Cc2ccccc2)cc1. The molecule has 0 radical (unpaired) electrons. The van der Waals surface area contributed by atoms with Crippen molar-refractivity contribution in [2.75, 3.05) is 6.61 Å². The van der Waals surface area contributed by atoms with Crippen molar-refractivity contribution in [2.24, 2.45) is 0 Å². The van der Waals surface area contributed by atoms with E-state index < -0.39 is 5.97 Å². The van der Waals surface area contributed by atoms with Crippen LogP contribution < -0.4 is 0 Å². The maximum absolute atomic E-state index is 11.9. The average Bonchev–Trinajstić information content (AvgIpc) is 2.54. The molecule has 0 bridgehead atoms. The highest BCUT2D eigenvalue weighted by Gasteiger charge is 2.10. The number of carbonyl (C=O) groups is 3. The smallest absolute Gasteiger partial charge is 0.310 e. The zero-order chi connectivity index (χ0) is 15.8. The number of rotatable bonds is 7. The maximum Gasteiger partial charge on any atom is 0.310 e. The lowest BCUT2D eigenvalue weighted by molar-refractivity contribution is -0.141. The number of carbonyl (C=O) groups excluding carboxylic acids is 3. The van der Waals surface area contributed by atoms with Crippen LogP contribution in [0.25, 0.3) is 0 Å². The zero-order valence-corrected chi connectivity index (χ0v) is 12.5. The molecule has 0 fully saturated rings. The van der Waals surface area contributed by atoms with E-state index in [0.717, 1.165) is 27.8 Å². The van der Waals surface area contributed by atoms with Gasteiger partial charge in [-0.1, -0.05) is 54.2 Å². The van der Waals surface area contributed by atoms with Gasteiger partial charge in [-0.05, 0) is 17.7 Å². The van der Waals surface area contributed by atoms with E-state index in [2.05, 4.69) is 0 Å². The number of ether oxygens (including phenoxy) is 1. The molecule has 22 heavy (non-hydrogen) atoms. The molecular formula is C17H14O4S. The Kier molecular flexibility index (Phi) is 5.91. The van der Waals surface area contributed by atoms with Crippen LogP contribution in [-0.2, 0) is 20.7 Å². The molecule has 0 amide bonds.